The maximum absolute atomic E-state index is 12.2. The van der Waals surface area contributed by atoms with E-state index in [0.29, 0.717) is 28.8 Å². The molecule has 4 aliphatic carbocycles. The second-order valence-electron chi connectivity index (χ2n) is 9.68. The van der Waals surface area contributed by atoms with Crippen LogP contribution < -0.4 is 0 Å². The van der Waals surface area contributed by atoms with E-state index in [2.05, 4.69) is 13.8 Å². The van der Waals surface area contributed by atoms with Crippen molar-refractivity contribution >= 4 is 11.6 Å². The molecule has 0 amide bonds. The Kier molecular flexibility index (Phi) is 3.56. The summed E-state index contributed by atoms with van der Waals surface area (Å²) in [4.78, 5) is 24.1. The molecule has 2 heteroatoms. The van der Waals surface area contributed by atoms with E-state index in [1.165, 1.54) is 32.1 Å². The second kappa shape index (κ2) is 5.17. The fourth-order valence-electron chi connectivity index (χ4n) is 7.71. The number of Topliss-reactive ketones (excluding diaryl/α,β-unsaturated/α-hetero) is 2. The minimum Gasteiger partial charge on any atom is -0.300 e. The minimum atomic E-state index is 0.265. The van der Waals surface area contributed by atoms with Gasteiger partial charge in [-0.25, -0.2) is 0 Å². The molecule has 0 radical (unpaired) electrons. The topological polar surface area (TPSA) is 34.1 Å². The highest BCUT2D eigenvalue weighted by Crippen LogP contribution is 2.67. The van der Waals surface area contributed by atoms with E-state index in [1.54, 1.807) is 0 Å². The van der Waals surface area contributed by atoms with Crippen LogP contribution in [0.1, 0.15) is 78.6 Å². The number of fused-ring (bicyclic) bond motifs is 5. The zero-order valence-corrected chi connectivity index (χ0v) is 15.1. The van der Waals surface area contributed by atoms with Crippen molar-refractivity contribution in [1.29, 1.82) is 0 Å². The number of carbonyl (C=O) groups excluding carboxylic acids is 2. The molecule has 0 aromatic heterocycles. The molecule has 0 unspecified atom stereocenters. The quantitative estimate of drug-likeness (QED) is 0.696. The van der Waals surface area contributed by atoms with Crippen LogP contribution in [0.3, 0.4) is 0 Å². The van der Waals surface area contributed by atoms with Crippen molar-refractivity contribution in [2.75, 3.05) is 0 Å². The number of carbonyl (C=O) groups is 2. The van der Waals surface area contributed by atoms with Crippen LogP contribution >= 0.6 is 0 Å². The standard InChI is InChI=1S/C21H32O2/c1-13(22)17-6-7-18-16-5-4-14-12-15(23)8-10-20(14,2)19(16)9-11-21(17,18)3/h14,16-19H,4-12H2,1-3H3/t14-,16-,17-,18+,19-,20-,21+/m0/s1. The van der Waals surface area contributed by atoms with Crippen LogP contribution in [0.5, 0.6) is 0 Å². The van der Waals surface area contributed by atoms with Crippen molar-refractivity contribution in [2.24, 2.45) is 40.4 Å². The van der Waals surface area contributed by atoms with E-state index in [0.717, 1.165) is 43.4 Å². The zero-order chi connectivity index (χ0) is 16.4. The Morgan fingerprint density at radius 2 is 1.70 bits per heavy atom. The van der Waals surface area contributed by atoms with Gasteiger partial charge in [0.15, 0.2) is 0 Å². The molecule has 0 aliphatic heterocycles. The molecular formula is C21H32O2. The largest absolute Gasteiger partial charge is 0.300 e. The van der Waals surface area contributed by atoms with Gasteiger partial charge in [-0.3, -0.25) is 9.59 Å². The summed E-state index contributed by atoms with van der Waals surface area (Å²) in [7, 11) is 0. The maximum Gasteiger partial charge on any atom is 0.133 e. The number of hydrogen-bond donors (Lipinski definition) is 0. The lowest BCUT2D eigenvalue weighted by molar-refractivity contribution is -0.143. The van der Waals surface area contributed by atoms with Crippen molar-refractivity contribution in [3.63, 3.8) is 0 Å². The van der Waals surface area contributed by atoms with Gasteiger partial charge in [-0.15, -0.1) is 0 Å². The molecule has 0 spiro atoms. The van der Waals surface area contributed by atoms with Crippen molar-refractivity contribution in [2.45, 2.75) is 78.6 Å². The average Bonchev–Trinajstić information content (AvgIpc) is 2.85. The lowest BCUT2D eigenvalue weighted by Gasteiger charge is -2.60. The van der Waals surface area contributed by atoms with Gasteiger partial charge < -0.3 is 0 Å². The number of ketones is 2. The van der Waals surface area contributed by atoms with E-state index >= 15 is 0 Å². The van der Waals surface area contributed by atoms with E-state index in [1.807, 2.05) is 6.92 Å². The summed E-state index contributed by atoms with van der Waals surface area (Å²) in [6.07, 6.45) is 10.3. The maximum atomic E-state index is 12.2. The molecular weight excluding hydrogens is 284 g/mol. The average molecular weight is 316 g/mol. The molecule has 4 aliphatic rings. The first-order chi connectivity index (χ1) is 10.9. The van der Waals surface area contributed by atoms with E-state index in [-0.39, 0.29) is 5.41 Å². The third-order valence-electron chi connectivity index (χ3n) is 8.97. The third kappa shape index (κ3) is 2.12. The predicted octanol–water partition coefficient (Wildman–Crippen LogP) is 4.80. The van der Waals surface area contributed by atoms with Crippen LogP contribution in [-0.2, 0) is 9.59 Å². The van der Waals surface area contributed by atoms with Gasteiger partial charge in [0.05, 0.1) is 0 Å². The smallest absolute Gasteiger partial charge is 0.133 e. The fourth-order valence-corrected chi connectivity index (χ4v) is 7.71. The molecule has 0 N–H and O–H groups in total. The highest BCUT2D eigenvalue weighted by Gasteiger charge is 2.60. The first kappa shape index (κ1) is 15.8. The number of hydrogen-bond acceptors (Lipinski definition) is 2. The zero-order valence-electron chi connectivity index (χ0n) is 15.1. The van der Waals surface area contributed by atoms with Gasteiger partial charge in [-0.2, -0.15) is 0 Å². The Labute approximate surface area is 140 Å². The minimum absolute atomic E-state index is 0.265. The van der Waals surface area contributed by atoms with Gasteiger partial charge in [0.1, 0.15) is 11.6 Å². The van der Waals surface area contributed by atoms with E-state index < -0.39 is 0 Å². The molecule has 7 atom stereocenters. The van der Waals surface area contributed by atoms with E-state index in [9.17, 15) is 9.59 Å². The molecule has 0 saturated heterocycles. The van der Waals surface area contributed by atoms with Crippen LogP contribution in [0.2, 0.25) is 0 Å². The SMILES string of the molecule is CC(=O)[C@@H]1CC[C@@H]2[C@@H]3CC[C@H]4CC(=O)CC[C@]4(C)[C@H]3CC[C@@]21C. The summed E-state index contributed by atoms with van der Waals surface area (Å²) in [6, 6.07) is 0. The highest BCUT2D eigenvalue weighted by atomic mass is 16.1. The van der Waals surface area contributed by atoms with E-state index in [4.69, 9.17) is 0 Å². The number of rotatable bonds is 1. The summed E-state index contributed by atoms with van der Waals surface area (Å²) < 4.78 is 0. The Bertz CT molecular complexity index is 538. The lowest BCUT2D eigenvalue weighted by atomic mass is 9.44. The third-order valence-corrected chi connectivity index (χ3v) is 8.97. The molecule has 0 aromatic rings. The molecule has 0 aromatic carbocycles. The van der Waals surface area contributed by atoms with Crippen molar-refractivity contribution in [3.8, 4) is 0 Å². The van der Waals surface area contributed by atoms with Crippen molar-refractivity contribution < 1.29 is 9.59 Å². The molecule has 0 bridgehead atoms. The Hall–Kier alpha value is -0.660. The Balaban J connectivity index is 1.63. The molecule has 0 heterocycles. The Morgan fingerprint density at radius 1 is 0.957 bits per heavy atom. The first-order valence-corrected chi connectivity index (χ1v) is 9.88. The van der Waals surface area contributed by atoms with Crippen LogP contribution in [0, 0.1) is 40.4 Å². The van der Waals surface area contributed by atoms with Gasteiger partial charge in [-0.05, 0) is 86.4 Å². The summed E-state index contributed by atoms with van der Waals surface area (Å²) in [6.45, 7) is 6.74. The van der Waals surface area contributed by atoms with Gasteiger partial charge in [0, 0.05) is 18.8 Å². The van der Waals surface area contributed by atoms with Crippen molar-refractivity contribution in [3.05, 3.63) is 0 Å². The van der Waals surface area contributed by atoms with Gasteiger partial charge in [0.2, 0.25) is 0 Å². The summed E-state index contributed by atoms with van der Waals surface area (Å²) in [5, 5.41) is 0. The predicted molar refractivity (Wildman–Crippen MR) is 90.9 cm³/mol. The molecule has 4 saturated carbocycles. The molecule has 4 fully saturated rings. The summed E-state index contributed by atoms with van der Waals surface area (Å²) in [5.41, 5.74) is 0.660. The summed E-state index contributed by atoms with van der Waals surface area (Å²) >= 11 is 0. The normalized spacial score (nSPS) is 52.5. The lowest BCUT2D eigenvalue weighted by Crippen LogP contribution is -2.53. The van der Waals surface area contributed by atoms with Crippen LogP contribution in [0.4, 0.5) is 0 Å². The molecule has 4 rings (SSSR count). The first-order valence-electron chi connectivity index (χ1n) is 9.88. The van der Waals surface area contributed by atoms with Crippen LogP contribution in [0.25, 0.3) is 0 Å². The monoisotopic (exact) mass is 316 g/mol. The summed E-state index contributed by atoms with van der Waals surface area (Å²) in [5.74, 6) is 4.25. The highest BCUT2D eigenvalue weighted by molar-refractivity contribution is 5.80. The second-order valence-corrected chi connectivity index (χ2v) is 9.68. The molecule has 2 nitrogen and oxygen atoms in total. The van der Waals surface area contributed by atoms with Crippen LogP contribution in [-0.4, -0.2) is 11.6 Å². The fraction of sp³-hybridized carbons (Fsp3) is 0.905. The van der Waals surface area contributed by atoms with Gasteiger partial charge in [-0.1, -0.05) is 13.8 Å². The van der Waals surface area contributed by atoms with Crippen molar-refractivity contribution in [1.82, 2.24) is 0 Å². The van der Waals surface area contributed by atoms with Crippen LogP contribution in [0.15, 0.2) is 0 Å². The Morgan fingerprint density at radius 3 is 2.43 bits per heavy atom. The molecule has 23 heavy (non-hydrogen) atoms. The van der Waals surface area contributed by atoms with Gasteiger partial charge in [0.25, 0.3) is 0 Å². The van der Waals surface area contributed by atoms with Gasteiger partial charge >= 0.3 is 0 Å². The molecule has 128 valence electrons.